The number of carbonyl (C=O) groups is 1. The third kappa shape index (κ3) is 2.54. The van der Waals surface area contributed by atoms with Gasteiger partial charge in [0.25, 0.3) is 0 Å². The summed E-state index contributed by atoms with van der Waals surface area (Å²) < 4.78 is 0. The third-order valence-corrected chi connectivity index (χ3v) is 3.22. The molecule has 3 nitrogen and oxygen atoms in total. The molecule has 1 saturated carbocycles. The van der Waals surface area contributed by atoms with Crippen LogP contribution >= 0.6 is 0 Å². The van der Waals surface area contributed by atoms with E-state index >= 15 is 0 Å². The van der Waals surface area contributed by atoms with Gasteiger partial charge in [-0.2, -0.15) is 0 Å². The molecule has 86 valence electrons. The maximum atomic E-state index is 11.7. The lowest BCUT2D eigenvalue weighted by molar-refractivity contribution is -0.117. The Bertz CT molecular complexity index is 397. The summed E-state index contributed by atoms with van der Waals surface area (Å²) in [6.45, 7) is 1.95. The molecule has 0 atom stereocenters. The standard InChI is InChI=1S/C13H18N2O/c1-9-7-11(14)5-6-12(9)15-13(16)8-10-3-2-4-10/h5-7,10H,2-4,8,14H2,1H3,(H,15,16). The van der Waals surface area contributed by atoms with E-state index in [1.54, 1.807) is 0 Å². The van der Waals surface area contributed by atoms with Gasteiger partial charge in [0.05, 0.1) is 0 Å². The van der Waals surface area contributed by atoms with Crippen molar-refractivity contribution in [1.82, 2.24) is 0 Å². The number of carbonyl (C=O) groups excluding carboxylic acids is 1. The smallest absolute Gasteiger partial charge is 0.224 e. The summed E-state index contributed by atoms with van der Waals surface area (Å²) >= 11 is 0. The van der Waals surface area contributed by atoms with Crippen molar-refractivity contribution in [3.05, 3.63) is 23.8 Å². The Hall–Kier alpha value is -1.51. The Kier molecular flexibility index (Phi) is 3.13. The molecule has 0 radical (unpaired) electrons. The second-order valence-corrected chi connectivity index (χ2v) is 4.62. The van der Waals surface area contributed by atoms with Gasteiger partial charge < -0.3 is 11.1 Å². The topological polar surface area (TPSA) is 55.1 Å². The first kappa shape index (κ1) is 11.0. The Morgan fingerprint density at radius 1 is 1.50 bits per heavy atom. The number of anilines is 2. The highest BCUT2D eigenvalue weighted by Crippen LogP contribution is 2.29. The predicted octanol–water partition coefficient (Wildman–Crippen LogP) is 2.71. The van der Waals surface area contributed by atoms with E-state index in [0.717, 1.165) is 16.9 Å². The molecule has 0 unspecified atom stereocenters. The molecule has 1 aliphatic carbocycles. The van der Waals surface area contributed by atoms with Crippen molar-refractivity contribution in [3.63, 3.8) is 0 Å². The van der Waals surface area contributed by atoms with Gasteiger partial charge in [0, 0.05) is 17.8 Å². The number of hydrogen-bond acceptors (Lipinski definition) is 2. The summed E-state index contributed by atoms with van der Waals surface area (Å²) in [5.74, 6) is 0.728. The number of aryl methyl sites for hydroxylation is 1. The van der Waals surface area contributed by atoms with Crippen LogP contribution in [0, 0.1) is 12.8 Å². The summed E-state index contributed by atoms with van der Waals surface area (Å²) in [6.07, 6.45) is 4.34. The summed E-state index contributed by atoms with van der Waals surface area (Å²) in [4.78, 5) is 11.7. The molecular formula is C13H18N2O. The molecule has 1 aromatic rings. The number of benzene rings is 1. The van der Waals surface area contributed by atoms with E-state index in [1.807, 2.05) is 25.1 Å². The lowest BCUT2D eigenvalue weighted by atomic mass is 9.83. The van der Waals surface area contributed by atoms with Gasteiger partial charge in [-0.3, -0.25) is 4.79 Å². The second kappa shape index (κ2) is 4.56. The molecule has 1 aliphatic rings. The molecular weight excluding hydrogens is 200 g/mol. The Balaban J connectivity index is 1.94. The number of nitrogens with two attached hydrogens (primary N) is 1. The fourth-order valence-electron chi connectivity index (χ4n) is 1.99. The van der Waals surface area contributed by atoms with Gasteiger partial charge in [0.1, 0.15) is 0 Å². The lowest BCUT2D eigenvalue weighted by Crippen LogP contribution is -2.21. The van der Waals surface area contributed by atoms with Crippen molar-refractivity contribution in [2.75, 3.05) is 11.1 Å². The van der Waals surface area contributed by atoms with Gasteiger partial charge in [0.2, 0.25) is 5.91 Å². The fourth-order valence-corrected chi connectivity index (χ4v) is 1.99. The van der Waals surface area contributed by atoms with Crippen LogP contribution in [0.1, 0.15) is 31.2 Å². The fraction of sp³-hybridized carbons (Fsp3) is 0.462. The molecule has 1 amide bonds. The van der Waals surface area contributed by atoms with E-state index in [1.165, 1.54) is 19.3 Å². The minimum absolute atomic E-state index is 0.123. The Morgan fingerprint density at radius 3 is 2.81 bits per heavy atom. The van der Waals surface area contributed by atoms with Crippen LogP contribution in [0.4, 0.5) is 11.4 Å². The lowest BCUT2D eigenvalue weighted by Gasteiger charge is -2.24. The van der Waals surface area contributed by atoms with Gasteiger partial charge in [-0.1, -0.05) is 6.42 Å². The molecule has 0 heterocycles. The minimum atomic E-state index is 0.123. The highest BCUT2D eigenvalue weighted by Gasteiger charge is 2.20. The van der Waals surface area contributed by atoms with Crippen molar-refractivity contribution in [1.29, 1.82) is 0 Å². The Labute approximate surface area is 96.0 Å². The molecule has 1 fully saturated rings. The largest absolute Gasteiger partial charge is 0.399 e. The maximum absolute atomic E-state index is 11.7. The molecule has 3 heteroatoms. The van der Waals surface area contributed by atoms with Gasteiger partial charge in [-0.15, -0.1) is 0 Å². The number of nitrogens with one attached hydrogen (secondary N) is 1. The summed E-state index contributed by atoms with van der Waals surface area (Å²) in [7, 11) is 0. The molecule has 2 rings (SSSR count). The van der Waals surface area contributed by atoms with Gasteiger partial charge in [-0.05, 0) is 49.4 Å². The first-order valence-electron chi connectivity index (χ1n) is 5.81. The van der Waals surface area contributed by atoms with Crippen molar-refractivity contribution in [3.8, 4) is 0 Å². The van der Waals surface area contributed by atoms with Crippen LogP contribution in [-0.2, 0) is 4.79 Å². The first-order valence-corrected chi connectivity index (χ1v) is 5.81. The summed E-state index contributed by atoms with van der Waals surface area (Å²) in [5.41, 5.74) is 8.28. The highest BCUT2D eigenvalue weighted by molar-refractivity contribution is 5.91. The van der Waals surface area contributed by atoms with Gasteiger partial charge in [-0.25, -0.2) is 0 Å². The summed E-state index contributed by atoms with van der Waals surface area (Å²) in [5, 5.41) is 2.94. The number of amides is 1. The van der Waals surface area contributed by atoms with E-state index in [-0.39, 0.29) is 5.91 Å². The van der Waals surface area contributed by atoms with Gasteiger partial charge >= 0.3 is 0 Å². The third-order valence-electron chi connectivity index (χ3n) is 3.22. The first-order chi connectivity index (χ1) is 7.65. The zero-order valence-electron chi connectivity index (χ0n) is 9.62. The van der Waals surface area contributed by atoms with Crippen LogP contribution in [0.15, 0.2) is 18.2 Å². The molecule has 0 saturated heterocycles. The van der Waals surface area contributed by atoms with E-state index in [0.29, 0.717) is 12.3 Å². The molecule has 0 aromatic heterocycles. The van der Waals surface area contributed by atoms with E-state index in [4.69, 9.17) is 5.73 Å². The predicted molar refractivity (Wildman–Crippen MR) is 66.2 cm³/mol. The quantitative estimate of drug-likeness (QED) is 0.766. The molecule has 3 N–H and O–H groups in total. The average Bonchev–Trinajstić information content (AvgIpc) is 2.16. The van der Waals surface area contributed by atoms with Crippen LogP contribution in [0.5, 0.6) is 0 Å². The van der Waals surface area contributed by atoms with Crippen molar-refractivity contribution < 1.29 is 4.79 Å². The molecule has 0 spiro atoms. The highest BCUT2D eigenvalue weighted by atomic mass is 16.1. The van der Waals surface area contributed by atoms with Crippen molar-refractivity contribution in [2.24, 2.45) is 5.92 Å². The minimum Gasteiger partial charge on any atom is -0.399 e. The maximum Gasteiger partial charge on any atom is 0.224 e. The van der Waals surface area contributed by atoms with E-state index < -0.39 is 0 Å². The molecule has 1 aromatic carbocycles. The number of nitrogen functional groups attached to an aromatic ring is 1. The normalized spacial score (nSPS) is 15.6. The zero-order chi connectivity index (χ0) is 11.5. The van der Waals surface area contributed by atoms with Crippen molar-refractivity contribution >= 4 is 17.3 Å². The SMILES string of the molecule is Cc1cc(N)ccc1NC(=O)CC1CCC1. The number of rotatable bonds is 3. The van der Waals surface area contributed by atoms with E-state index in [9.17, 15) is 4.79 Å². The van der Waals surface area contributed by atoms with Gasteiger partial charge in [0.15, 0.2) is 0 Å². The van der Waals surface area contributed by atoms with Crippen LogP contribution in [0.2, 0.25) is 0 Å². The molecule has 16 heavy (non-hydrogen) atoms. The van der Waals surface area contributed by atoms with E-state index in [2.05, 4.69) is 5.32 Å². The zero-order valence-corrected chi connectivity index (χ0v) is 9.62. The molecule has 0 aliphatic heterocycles. The number of hydrogen-bond donors (Lipinski definition) is 2. The van der Waals surface area contributed by atoms with Crippen LogP contribution in [0.3, 0.4) is 0 Å². The molecule has 0 bridgehead atoms. The van der Waals surface area contributed by atoms with Crippen molar-refractivity contribution in [2.45, 2.75) is 32.6 Å². The monoisotopic (exact) mass is 218 g/mol. The van der Waals surface area contributed by atoms with Crippen LogP contribution in [-0.4, -0.2) is 5.91 Å². The second-order valence-electron chi connectivity index (χ2n) is 4.62. The van der Waals surface area contributed by atoms with Crippen LogP contribution < -0.4 is 11.1 Å². The Morgan fingerprint density at radius 2 is 2.25 bits per heavy atom. The summed E-state index contributed by atoms with van der Waals surface area (Å²) in [6, 6.07) is 5.55. The average molecular weight is 218 g/mol. The van der Waals surface area contributed by atoms with Crippen LogP contribution in [0.25, 0.3) is 0 Å².